The van der Waals surface area contributed by atoms with Crippen molar-refractivity contribution in [2.75, 3.05) is 21.1 Å². The second-order valence-corrected chi connectivity index (χ2v) is 12.9. The van der Waals surface area contributed by atoms with E-state index >= 15 is 0 Å². The van der Waals surface area contributed by atoms with Gasteiger partial charge in [-0.2, -0.15) is 0 Å². The third-order valence-corrected chi connectivity index (χ3v) is 9.30. The molecule has 1 atom stereocenters. The molecule has 0 spiro atoms. The van der Waals surface area contributed by atoms with Crippen LogP contribution < -0.4 is 19.3 Å². The highest BCUT2D eigenvalue weighted by atomic mass is 35.5. The van der Waals surface area contributed by atoms with Crippen LogP contribution in [0.15, 0.2) is 126 Å². The molecule has 5 aromatic rings. The molecule has 45 heavy (non-hydrogen) atoms. The van der Waals surface area contributed by atoms with Gasteiger partial charge in [0.1, 0.15) is 11.9 Å². The number of fused-ring (bicyclic) bond motifs is 1. The fraction of sp³-hybridized carbons (Fsp3) is 0.139. The molecular weight excluding hydrogens is 606 g/mol. The monoisotopic (exact) mass is 637 g/mol. The van der Waals surface area contributed by atoms with Gasteiger partial charge in [-0.3, -0.25) is 14.4 Å². The van der Waals surface area contributed by atoms with Gasteiger partial charge >= 0.3 is 0 Å². The normalized spacial score (nSPS) is 14.6. The SMILES string of the molecule is CCOc1ccc(NS(=O)(=O)c2ccc3c(c2)C(=O)N(c2ccc(C)cc2)[C@@H](c2ccc(Cl)cc2)N3Cc2ccccc2)cc1. The maximum absolute atomic E-state index is 14.5. The first-order valence-electron chi connectivity index (χ1n) is 14.6. The Labute approximate surface area is 268 Å². The summed E-state index contributed by atoms with van der Waals surface area (Å²) in [6, 6.07) is 36.6. The average Bonchev–Trinajstić information content (AvgIpc) is 3.04. The van der Waals surface area contributed by atoms with Crippen LogP contribution >= 0.6 is 11.6 Å². The van der Waals surface area contributed by atoms with Gasteiger partial charge in [0.15, 0.2) is 0 Å². The molecule has 0 unspecified atom stereocenters. The Kier molecular flexibility index (Phi) is 8.52. The van der Waals surface area contributed by atoms with Crippen LogP contribution in [0.25, 0.3) is 0 Å². The standard InChI is InChI=1S/C36H32ClN3O4S/c1-3-44-31-19-15-29(16-20-31)38-45(42,43)32-21-22-34-33(23-32)36(41)40(30-17-9-25(2)10-18-30)35(27-11-13-28(37)14-12-27)39(34)24-26-7-5-4-6-8-26/h4-23,35,38H,3,24H2,1-2H3/t35-/m0/s1. The molecule has 0 radical (unpaired) electrons. The average molecular weight is 638 g/mol. The highest BCUT2D eigenvalue weighted by Crippen LogP contribution is 2.43. The van der Waals surface area contributed by atoms with Crippen molar-refractivity contribution in [3.63, 3.8) is 0 Å². The van der Waals surface area contributed by atoms with Crippen LogP contribution in [0.1, 0.15) is 40.1 Å². The highest BCUT2D eigenvalue weighted by molar-refractivity contribution is 7.92. The molecule has 0 saturated carbocycles. The van der Waals surface area contributed by atoms with Crippen LogP contribution in [-0.2, 0) is 16.6 Å². The topological polar surface area (TPSA) is 78.9 Å². The van der Waals surface area contributed by atoms with Gasteiger partial charge in [-0.05, 0) is 91.7 Å². The first-order valence-corrected chi connectivity index (χ1v) is 16.5. The van der Waals surface area contributed by atoms with E-state index in [1.807, 2.05) is 92.7 Å². The number of anilines is 3. The van der Waals surface area contributed by atoms with Crippen molar-refractivity contribution < 1.29 is 17.9 Å². The van der Waals surface area contributed by atoms with E-state index in [9.17, 15) is 13.2 Å². The first-order chi connectivity index (χ1) is 21.7. The number of rotatable bonds is 9. The maximum Gasteiger partial charge on any atom is 0.262 e. The summed E-state index contributed by atoms with van der Waals surface area (Å²) in [5.74, 6) is 0.334. The van der Waals surface area contributed by atoms with Crippen LogP contribution in [0.2, 0.25) is 5.02 Å². The molecule has 0 aromatic heterocycles. The second kappa shape index (κ2) is 12.7. The Balaban J connectivity index is 1.48. The van der Waals surface area contributed by atoms with Gasteiger partial charge in [0.05, 0.1) is 22.8 Å². The second-order valence-electron chi connectivity index (χ2n) is 10.8. The lowest BCUT2D eigenvalue weighted by Crippen LogP contribution is -2.49. The summed E-state index contributed by atoms with van der Waals surface area (Å²) in [5, 5.41) is 0.590. The number of aryl methyl sites for hydroxylation is 1. The number of benzene rings is 5. The van der Waals surface area contributed by atoms with Crippen molar-refractivity contribution in [2.45, 2.75) is 31.5 Å². The quantitative estimate of drug-likeness (QED) is 0.176. The van der Waals surface area contributed by atoms with E-state index in [0.29, 0.717) is 41.0 Å². The summed E-state index contributed by atoms with van der Waals surface area (Å²) in [5.41, 5.74) is 4.95. The molecule has 1 aliphatic heterocycles. The largest absolute Gasteiger partial charge is 0.494 e. The Morgan fingerprint density at radius 2 is 1.53 bits per heavy atom. The van der Waals surface area contributed by atoms with Crippen molar-refractivity contribution in [3.8, 4) is 5.75 Å². The lowest BCUT2D eigenvalue weighted by atomic mass is 9.99. The molecule has 0 aliphatic carbocycles. The summed E-state index contributed by atoms with van der Waals surface area (Å²) in [6.07, 6.45) is -0.533. The molecule has 1 heterocycles. The zero-order chi connectivity index (χ0) is 31.6. The Morgan fingerprint density at radius 1 is 0.844 bits per heavy atom. The van der Waals surface area contributed by atoms with Gasteiger partial charge in [0, 0.05) is 22.9 Å². The Hall–Kier alpha value is -4.79. The van der Waals surface area contributed by atoms with Gasteiger partial charge in [0.2, 0.25) is 0 Å². The van der Waals surface area contributed by atoms with E-state index in [4.69, 9.17) is 16.3 Å². The zero-order valence-electron chi connectivity index (χ0n) is 24.9. The number of sulfonamides is 1. The number of carbonyl (C=O) groups excluding carboxylic acids is 1. The molecule has 1 amide bonds. The molecule has 0 fully saturated rings. The number of ether oxygens (including phenoxy) is 1. The van der Waals surface area contributed by atoms with Crippen molar-refractivity contribution in [1.29, 1.82) is 0 Å². The van der Waals surface area contributed by atoms with E-state index < -0.39 is 16.2 Å². The molecular formula is C36H32ClN3O4S. The summed E-state index contributed by atoms with van der Waals surface area (Å²) in [7, 11) is -4.02. The van der Waals surface area contributed by atoms with Crippen molar-refractivity contribution in [1.82, 2.24) is 0 Å². The number of nitrogens with zero attached hydrogens (tertiary/aromatic N) is 2. The molecule has 0 saturated heterocycles. The molecule has 1 N–H and O–H groups in total. The Bertz CT molecular complexity index is 1920. The Morgan fingerprint density at radius 3 is 2.20 bits per heavy atom. The predicted octanol–water partition coefficient (Wildman–Crippen LogP) is 8.21. The minimum Gasteiger partial charge on any atom is -0.494 e. The van der Waals surface area contributed by atoms with Crippen LogP contribution in [0, 0.1) is 6.92 Å². The summed E-state index contributed by atoms with van der Waals surface area (Å²) >= 11 is 6.27. The van der Waals surface area contributed by atoms with Crippen LogP contribution in [0.5, 0.6) is 5.75 Å². The van der Waals surface area contributed by atoms with Gasteiger partial charge in [-0.25, -0.2) is 8.42 Å². The molecule has 6 rings (SSSR count). The minimum absolute atomic E-state index is 0.0167. The molecule has 228 valence electrons. The lowest BCUT2D eigenvalue weighted by Gasteiger charge is -2.46. The number of hydrogen-bond acceptors (Lipinski definition) is 5. The number of nitrogens with one attached hydrogen (secondary N) is 1. The lowest BCUT2D eigenvalue weighted by molar-refractivity contribution is 0.0968. The van der Waals surface area contributed by atoms with E-state index in [1.54, 1.807) is 41.3 Å². The summed E-state index contributed by atoms with van der Waals surface area (Å²) in [4.78, 5) is 18.4. The maximum atomic E-state index is 14.5. The number of amides is 1. The summed E-state index contributed by atoms with van der Waals surface area (Å²) < 4.78 is 35.3. The third-order valence-electron chi connectivity index (χ3n) is 7.67. The van der Waals surface area contributed by atoms with E-state index in [-0.39, 0.29) is 16.4 Å². The van der Waals surface area contributed by atoms with Crippen molar-refractivity contribution in [3.05, 3.63) is 149 Å². The number of hydrogen-bond donors (Lipinski definition) is 1. The molecule has 7 nitrogen and oxygen atoms in total. The summed E-state index contributed by atoms with van der Waals surface area (Å²) in [6.45, 7) is 4.85. The predicted molar refractivity (Wildman–Crippen MR) is 180 cm³/mol. The van der Waals surface area contributed by atoms with Crippen LogP contribution in [-0.4, -0.2) is 20.9 Å². The smallest absolute Gasteiger partial charge is 0.262 e. The molecule has 5 aromatic carbocycles. The zero-order valence-corrected chi connectivity index (χ0v) is 26.4. The number of carbonyl (C=O) groups is 1. The first kappa shape index (κ1) is 30.2. The van der Waals surface area contributed by atoms with Crippen molar-refractivity contribution in [2.24, 2.45) is 0 Å². The fourth-order valence-electron chi connectivity index (χ4n) is 5.50. The van der Waals surface area contributed by atoms with Crippen molar-refractivity contribution >= 4 is 44.6 Å². The molecule has 9 heteroatoms. The van der Waals surface area contributed by atoms with Gasteiger partial charge in [-0.15, -0.1) is 0 Å². The van der Waals surface area contributed by atoms with E-state index in [0.717, 1.165) is 16.7 Å². The van der Waals surface area contributed by atoms with Gasteiger partial charge < -0.3 is 9.64 Å². The fourth-order valence-corrected chi connectivity index (χ4v) is 6.71. The highest BCUT2D eigenvalue weighted by Gasteiger charge is 2.40. The van der Waals surface area contributed by atoms with Crippen LogP contribution in [0.4, 0.5) is 17.1 Å². The van der Waals surface area contributed by atoms with Gasteiger partial charge in [-0.1, -0.05) is 71.8 Å². The minimum atomic E-state index is -4.02. The van der Waals surface area contributed by atoms with Crippen LogP contribution in [0.3, 0.4) is 0 Å². The third kappa shape index (κ3) is 6.38. The molecule has 1 aliphatic rings. The van der Waals surface area contributed by atoms with E-state index in [2.05, 4.69) is 9.62 Å². The molecule has 0 bridgehead atoms. The van der Waals surface area contributed by atoms with E-state index in [1.165, 1.54) is 6.07 Å². The van der Waals surface area contributed by atoms with Gasteiger partial charge in [0.25, 0.3) is 15.9 Å². The number of halogens is 1.